The van der Waals surface area contributed by atoms with Crippen LogP contribution in [0.5, 0.6) is 0 Å². The summed E-state index contributed by atoms with van der Waals surface area (Å²) >= 11 is 0. The molecule has 1 aliphatic rings. The number of aromatic nitrogens is 2. The Bertz CT molecular complexity index is 421. The van der Waals surface area contributed by atoms with Crippen LogP contribution in [0.15, 0.2) is 12.4 Å². The van der Waals surface area contributed by atoms with Gasteiger partial charge in [0.25, 0.3) is 5.91 Å². The normalized spacial score (nSPS) is 18.6. The maximum atomic E-state index is 12.2. The number of anilines is 1. The Morgan fingerprint density at radius 3 is 3.00 bits per heavy atom. The Labute approximate surface area is 113 Å². The van der Waals surface area contributed by atoms with Gasteiger partial charge in [0.2, 0.25) is 0 Å². The molecule has 1 atom stereocenters. The minimum absolute atomic E-state index is 0.0471. The number of amides is 1. The first-order valence-corrected chi connectivity index (χ1v) is 6.58. The van der Waals surface area contributed by atoms with Crippen LogP contribution in [-0.2, 0) is 4.74 Å². The summed E-state index contributed by atoms with van der Waals surface area (Å²) in [6, 6.07) is 0. The van der Waals surface area contributed by atoms with Crippen LogP contribution in [0.1, 0.15) is 23.8 Å². The van der Waals surface area contributed by atoms with Crippen molar-refractivity contribution in [2.45, 2.75) is 13.3 Å². The van der Waals surface area contributed by atoms with Crippen LogP contribution in [0.25, 0.3) is 0 Å². The maximum absolute atomic E-state index is 12.2. The van der Waals surface area contributed by atoms with Crippen LogP contribution in [0.4, 0.5) is 5.82 Å². The highest BCUT2D eigenvalue weighted by atomic mass is 16.5. The van der Waals surface area contributed by atoms with E-state index in [0.717, 1.165) is 26.1 Å². The number of rotatable bonds is 5. The van der Waals surface area contributed by atoms with E-state index in [4.69, 9.17) is 4.74 Å². The number of carbonyl (C=O) groups is 1. The fourth-order valence-electron chi connectivity index (χ4n) is 2.26. The van der Waals surface area contributed by atoms with Crippen molar-refractivity contribution in [2.24, 2.45) is 5.92 Å². The van der Waals surface area contributed by atoms with Gasteiger partial charge in [0, 0.05) is 32.7 Å². The summed E-state index contributed by atoms with van der Waals surface area (Å²) < 4.78 is 5.13. The minimum Gasteiger partial charge on any atom is -0.384 e. The summed E-state index contributed by atoms with van der Waals surface area (Å²) in [5.41, 5.74) is 0.403. The van der Waals surface area contributed by atoms with Gasteiger partial charge in [-0.15, -0.1) is 0 Å². The van der Waals surface area contributed by atoms with Gasteiger partial charge in [-0.05, 0) is 13.3 Å². The number of hydrogen-bond donors (Lipinski definition) is 1. The van der Waals surface area contributed by atoms with Gasteiger partial charge in [0.1, 0.15) is 11.5 Å². The predicted molar refractivity (Wildman–Crippen MR) is 72.1 cm³/mol. The smallest absolute Gasteiger partial charge is 0.274 e. The SMILES string of the molecule is CCNc1cnc(C(=O)N2CCC(COC)C2)cn1. The first kappa shape index (κ1) is 13.7. The summed E-state index contributed by atoms with van der Waals surface area (Å²) in [4.78, 5) is 22.4. The molecule has 0 aliphatic carbocycles. The molecule has 1 fully saturated rings. The molecule has 0 spiro atoms. The molecule has 0 bridgehead atoms. The number of nitrogens with zero attached hydrogens (tertiary/aromatic N) is 3. The van der Waals surface area contributed by atoms with Crippen LogP contribution in [-0.4, -0.2) is 54.1 Å². The zero-order valence-electron chi connectivity index (χ0n) is 11.4. The van der Waals surface area contributed by atoms with Gasteiger partial charge in [0.15, 0.2) is 0 Å². The second kappa shape index (κ2) is 6.47. The second-order valence-corrected chi connectivity index (χ2v) is 4.68. The highest BCUT2D eigenvalue weighted by Gasteiger charge is 2.27. The van der Waals surface area contributed by atoms with Gasteiger partial charge >= 0.3 is 0 Å². The molecule has 6 nitrogen and oxygen atoms in total. The lowest BCUT2D eigenvalue weighted by Gasteiger charge is -2.15. The van der Waals surface area contributed by atoms with Crippen molar-refractivity contribution in [1.29, 1.82) is 0 Å². The van der Waals surface area contributed by atoms with Crippen molar-refractivity contribution in [3.8, 4) is 0 Å². The lowest BCUT2D eigenvalue weighted by molar-refractivity contribution is 0.0769. The van der Waals surface area contributed by atoms with Crippen LogP contribution in [0, 0.1) is 5.92 Å². The van der Waals surface area contributed by atoms with E-state index in [9.17, 15) is 4.79 Å². The van der Waals surface area contributed by atoms with E-state index < -0.39 is 0 Å². The number of carbonyl (C=O) groups excluding carboxylic acids is 1. The third-order valence-corrected chi connectivity index (χ3v) is 3.20. The standard InChI is InChI=1S/C13H20N4O2/c1-3-14-12-7-15-11(6-16-12)13(18)17-5-4-10(8-17)9-19-2/h6-7,10H,3-5,8-9H2,1-2H3,(H,14,16). The largest absolute Gasteiger partial charge is 0.384 e. The van der Waals surface area contributed by atoms with E-state index in [1.165, 1.54) is 6.20 Å². The van der Waals surface area contributed by atoms with E-state index in [0.29, 0.717) is 24.0 Å². The van der Waals surface area contributed by atoms with E-state index in [1.54, 1.807) is 13.3 Å². The average Bonchev–Trinajstić information content (AvgIpc) is 2.88. The first-order valence-electron chi connectivity index (χ1n) is 6.58. The molecule has 1 aromatic rings. The molecule has 0 aromatic carbocycles. The Balaban J connectivity index is 1.96. The van der Waals surface area contributed by atoms with E-state index in [-0.39, 0.29) is 5.91 Å². The van der Waals surface area contributed by atoms with Crippen LogP contribution < -0.4 is 5.32 Å². The Hall–Kier alpha value is -1.69. The molecule has 1 unspecified atom stereocenters. The zero-order chi connectivity index (χ0) is 13.7. The Morgan fingerprint density at radius 2 is 2.37 bits per heavy atom. The minimum atomic E-state index is -0.0471. The molecular weight excluding hydrogens is 244 g/mol. The van der Waals surface area contributed by atoms with Gasteiger partial charge in [-0.2, -0.15) is 0 Å². The number of nitrogens with one attached hydrogen (secondary N) is 1. The quantitative estimate of drug-likeness (QED) is 0.860. The lowest BCUT2D eigenvalue weighted by atomic mass is 10.1. The summed E-state index contributed by atoms with van der Waals surface area (Å²) in [6.07, 6.45) is 4.12. The fraction of sp³-hybridized carbons (Fsp3) is 0.615. The number of ether oxygens (including phenoxy) is 1. The van der Waals surface area contributed by atoms with Crippen LogP contribution in [0.3, 0.4) is 0 Å². The molecule has 2 rings (SSSR count). The van der Waals surface area contributed by atoms with E-state index in [1.807, 2.05) is 11.8 Å². The highest BCUT2D eigenvalue weighted by molar-refractivity contribution is 5.92. The molecule has 0 radical (unpaired) electrons. The molecule has 1 amide bonds. The molecular formula is C13H20N4O2. The molecule has 19 heavy (non-hydrogen) atoms. The van der Waals surface area contributed by atoms with Gasteiger partial charge in [-0.25, -0.2) is 9.97 Å². The van der Waals surface area contributed by atoms with Gasteiger partial charge < -0.3 is 15.0 Å². The van der Waals surface area contributed by atoms with Crippen molar-refractivity contribution in [3.63, 3.8) is 0 Å². The lowest BCUT2D eigenvalue weighted by Crippen LogP contribution is -2.30. The molecule has 6 heteroatoms. The summed E-state index contributed by atoms with van der Waals surface area (Å²) in [6.45, 7) is 4.98. The Kier molecular flexibility index (Phi) is 4.68. The fourth-order valence-corrected chi connectivity index (χ4v) is 2.26. The molecule has 2 heterocycles. The number of hydrogen-bond acceptors (Lipinski definition) is 5. The Morgan fingerprint density at radius 1 is 1.53 bits per heavy atom. The van der Waals surface area contributed by atoms with E-state index in [2.05, 4.69) is 15.3 Å². The number of methoxy groups -OCH3 is 1. The third-order valence-electron chi connectivity index (χ3n) is 3.20. The number of likely N-dealkylation sites (tertiary alicyclic amines) is 1. The monoisotopic (exact) mass is 264 g/mol. The van der Waals surface area contributed by atoms with Crippen molar-refractivity contribution in [1.82, 2.24) is 14.9 Å². The highest BCUT2D eigenvalue weighted by Crippen LogP contribution is 2.18. The molecule has 104 valence electrons. The van der Waals surface area contributed by atoms with Crippen LogP contribution in [0.2, 0.25) is 0 Å². The van der Waals surface area contributed by atoms with E-state index >= 15 is 0 Å². The molecule has 1 N–H and O–H groups in total. The summed E-state index contributed by atoms with van der Waals surface area (Å²) in [5, 5.41) is 3.05. The van der Waals surface area contributed by atoms with Crippen molar-refractivity contribution in [3.05, 3.63) is 18.1 Å². The third kappa shape index (κ3) is 3.41. The first-order chi connectivity index (χ1) is 9.24. The second-order valence-electron chi connectivity index (χ2n) is 4.68. The molecule has 1 aliphatic heterocycles. The molecule has 1 saturated heterocycles. The van der Waals surface area contributed by atoms with Crippen molar-refractivity contribution >= 4 is 11.7 Å². The molecule has 0 saturated carbocycles. The zero-order valence-corrected chi connectivity index (χ0v) is 11.4. The van der Waals surface area contributed by atoms with Crippen molar-refractivity contribution < 1.29 is 9.53 Å². The summed E-state index contributed by atoms with van der Waals surface area (Å²) in [7, 11) is 1.69. The maximum Gasteiger partial charge on any atom is 0.274 e. The average molecular weight is 264 g/mol. The van der Waals surface area contributed by atoms with Gasteiger partial charge in [-0.3, -0.25) is 4.79 Å². The van der Waals surface area contributed by atoms with Crippen LogP contribution >= 0.6 is 0 Å². The predicted octanol–water partition coefficient (Wildman–Crippen LogP) is 1.02. The summed E-state index contributed by atoms with van der Waals surface area (Å²) in [5.74, 6) is 1.08. The van der Waals surface area contributed by atoms with Gasteiger partial charge in [-0.1, -0.05) is 0 Å². The molecule has 1 aromatic heterocycles. The van der Waals surface area contributed by atoms with Gasteiger partial charge in [0.05, 0.1) is 19.0 Å². The van der Waals surface area contributed by atoms with Crippen molar-refractivity contribution in [2.75, 3.05) is 38.7 Å². The topological polar surface area (TPSA) is 67.4 Å².